The minimum absolute atomic E-state index is 0.0335. The van der Waals surface area contributed by atoms with E-state index >= 15 is 0 Å². The van der Waals surface area contributed by atoms with Gasteiger partial charge in [0.1, 0.15) is 5.75 Å². The van der Waals surface area contributed by atoms with Crippen LogP contribution < -0.4 is 4.74 Å². The molecule has 0 saturated heterocycles. The molecule has 0 fully saturated rings. The summed E-state index contributed by atoms with van der Waals surface area (Å²) in [5, 5.41) is 3.95. The summed E-state index contributed by atoms with van der Waals surface area (Å²) in [5.41, 5.74) is 0.568. The molecule has 2 aromatic rings. The van der Waals surface area contributed by atoms with Gasteiger partial charge in [0.15, 0.2) is 6.61 Å². The van der Waals surface area contributed by atoms with Gasteiger partial charge in [-0.05, 0) is 40.8 Å². The molecule has 0 aliphatic heterocycles. The molecule has 1 heterocycles. The topological polar surface area (TPSA) is 44.1 Å². The Morgan fingerprint density at radius 1 is 1.53 bits per heavy atom. The Labute approximate surface area is 113 Å². The van der Waals surface area contributed by atoms with Gasteiger partial charge in [-0.1, -0.05) is 6.07 Å². The third kappa shape index (κ3) is 3.29. The average molecular weight is 342 g/mol. The molecule has 2 rings (SSSR count). The minimum atomic E-state index is -0.0723. The molecule has 0 radical (unpaired) electrons. The highest BCUT2D eigenvalue weighted by Gasteiger charge is 2.08. The number of hydrogen-bond acceptors (Lipinski definition) is 3. The third-order valence-corrected chi connectivity index (χ3v) is 2.86. The zero-order valence-electron chi connectivity index (χ0n) is 9.26. The molecule has 0 atom stereocenters. The predicted molar refractivity (Wildman–Crippen MR) is 72.2 cm³/mol. The molecule has 4 nitrogen and oxygen atoms in total. The Morgan fingerprint density at radius 3 is 3.00 bits per heavy atom. The molecule has 0 N–H and O–H groups in total. The van der Waals surface area contributed by atoms with Gasteiger partial charge in [-0.15, -0.1) is 0 Å². The van der Waals surface area contributed by atoms with E-state index in [-0.39, 0.29) is 12.4 Å². The highest BCUT2D eigenvalue weighted by atomic mass is 127. The van der Waals surface area contributed by atoms with E-state index in [1.54, 1.807) is 24.1 Å². The van der Waals surface area contributed by atoms with Crippen molar-refractivity contribution in [2.75, 3.05) is 6.61 Å². The molecule has 0 aliphatic rings. The first kappa shape index (κ1) is 12.1. The van der Waals surface area contributed by atoms with Gasteiger partial charge in [-0.2, -0.15) is 5.10 Å². The first-order valence-corrected chi connectivity index (χ1v) is 6.13. The minimum Gasteiger partial charge on any atom is -0.485 e. The lowest BCUT2D eigenvalue weighted by Gasteiger charge is -2.04. The number of carbonyl (C=O) groups excluding carboxylic acids is 1. The van der Waals surface area contributed by atoms with Crippen molar-refractivity contribution in [2.45, 2.75) is 0 Å². The molecule has 1 aromatic carbocycles. The van der Waals surface area contributed by atoms with E-state index in [2.05, 4.69) is 27.7 Å². The van der Waals surface area contributed by atoms with E-state index in [0.717, 1.165) is 3.57 Å². The predicted octanol–water partition coefficient (Wildman–Crippen LogP) is 2.29. The largest absolute Gasteiger partial charge is 0.485 e. The standard InChI is InChI=1S/C12H11IN2O2/c1-15-7-9(6-14-15)12(16)8-17-11-4-2-3-10(13)5-11/h2-7H,8H2,1H3. The van der Waals surface area contributed by atoms with Crippen molar-refractivity contribution in [1.82, 2.24) is 9.78 Å². The number of benzene rings is 1. The number of ketones is 1. The molecule has 0 saturated carbocycles. The quantitative estimate of drug-likeness (QED) is 0.633. The van der Waals surface area contributed by atoms with Gasteiger partial charge in [0.2, 0.25) is 5.78 Å². The number of hydrogen-bond donors (Lipinski definition) is 0. The zero-order valence-corrected chi connectivity index (χ0v) is 11.4. The SMILES string of the molecule is Cn1cc(C(=O)COc2cccc(I)c2)cn1. The van der Waals surface area contributed by atoms with Gasteiger partial charge in [-0.25, -0.2) is 0 Å². The van der Waals surface area contributed by atoms with Crippen LogP contribution >= 0.6 is 22.6 Å². The Bertz CT molecular complexity index is 537. The van der Waals surface area contributed by atoms with Gasteiger partial charge < -0.3 is 4.74 Å². The van der Waals surface area contributed by atoms with Crippen molar-refractivity contribution >= 4 is 28.4 Å². The molecular weight excluding hydrogens is 331 g/mol. The van der Waals surface area contributed by atoms with Crippen molar-refractivity contribution in [1.29, 1.82) is 0 Å². The summed E-state index contributed by atoms with van der Waals surface area (Å²) in [6, 6.07) is 7.58. The second-order valence-electron chi connectivity index (χ2n) is 3.57. The fourth-order valence-corrected chi connectivity index (χ4v) is 1.87. The lowest BCUT2D eigenvalue weighted by molar-refractivity contribution is 0.0921. The summed E-state index contributed by atoms with van der Waals surface area (Å²) in [6.45, 7) is 0.0335. The molecular formula is C12H11IN2O2. The summed E-state index contributed by atoms with van der Waals surface area (Å²) in [6.07, 6.45) is 3.22. The van der Waals surface area contributed by atoms with E-state index in [9.17, 15) is 4.79 Å². The maximum absolute atomic E-state index is 11.7. The van der Waals surface area contributed by atoms with Gasteiger partial charge >= 0.3 is 0 Å². The Kier molecular flexibility index (Phi) is 3.78. The van der Waals surface area contributed by atoms with Crippen LogP contribution in [0, 0.1) is 3.57 Å². The van der Waals surface area contributed by atoms with Crippen LogP contribution in [0.25, 0.3) is 0 Å². The summed E-state index contributed by atoms with van der Waals surface area (Å²) >= 11 is 2.20. The zero-order chi connectivity index (χ0) is 12.3. The first-order valence-electron chi connectivity index (χ1n) is 5.05. The third-order valence-electron chi connectivity index (χ3n) is 2.19. The van der Waals surface area contributed by atoms with E-state index < -0.39 is 0 Å². The normalized spacial score (nSPS) is 10.2. The summed E-state index contributed by atoms with van der Waals surface area (Å²) in [7, 11) is 1.77. The molecule has 0 aliphatic carbocycles. The number of ether oxygens (including phenoxy) is 1. The molecule has 0 amide bonds. The fourth-order valence-electron chi connectivity index (χ4n) is 1.35. The first-order chi connectivity index (χ1) is 8.15. The van der Waals surface area contributed by atoms with Gasteiger partial charge in [0.05, 0.1) is 11.8 Å². The number of Topliss-reactive ketones (excluding diaryl/α,β-unsaturated/α-hetero) is 1. The number of nitrogens with zero attached hydrogens (tertiary/aromatic N) is 2. The molecule has 1 aromatic heterocycles. The molecule has 5 heteroatoms. The number of aryl methyl sites for hydroxylation is 1. The maximum Gasteiger partial charge on any atom is 0.203 e. The summed E-state index contributed by atoms with van der Waals surface area (Å²) in [5.74, 6) is 0.631. The van der Waals surface area contributed by atoms with Crippen molar-refractivity contribution in [2.24, 2.45) is 7.05 Å². The van der Waals surface area contributed by atoms with Gasteiger partial charge in [0, 0.05) is 16.8 Å². The molecule has 0 unspecified atom stereocenters. The molecule has 17 heavy (non-hydrogen) atoms. The molecule has 0 spiro atoms. The fraction of sp³-hybridized carbons (Fsp3) is 0.167. The summed E-state index contributed by atoms with van der Waals surface area (Å²) in [4.78, 5) is 11.7. The van der Waals surface area contributed by atoms with Crippen LogP contribution in [0.15, 0.2) is 36.7 Å². The molecule has 88 valence electrons. The maximum atomic E-state index is 11.7. The van der Waals surface area contributed by atoms with Crippen molar-refractivity contribution in [3.8, 4) is 5.75 Å². The Balaban J connectivity index is 1.97. The number of aromatic nitrogens is 2. The molecule has 0 bridgehead atoms. The van der Waals surface area contributed by atoms with Crippen molar-refractivity contribution in [3.63, 3.8) is 0 Å². The van der Waals surface area contributed by atoms with Crippen LogP contribution in [0.5, 0.6) is 5.75 Å². The van der Waals surface area contributed by atoms with E-state index in [1.807, 2.05) is 24.3 Å². The van der Waals surface area contributed by atoms with Crippen LogP contribution in [0.3, 0.4) is 0 Å². The monoisotopic (exact) mass is 342 g/mol. The van der Waals surface area contributed by atoms with E-state index in [0.29, 0.717) is 11.3 Å². The highest BCUT2D eigenvalue weighted by molar-refractivity contribution is 14.1. The average Bonchev–Trinajstić information content (AvgIpc) is 2.73. The van der Waals surface area contributed by atoms with Crippen molar-refractivity contribution < 1.29 is 9.53 Å². The Hall–Kier alpha value is -1.37. The second kappa shape index (κ2) is 5.31. The lowest BCUT2D eigenvalue weighted by Crippen LogP contribution is -2.10. The number of rotatable bonds is 4. The smallest absolute Gasteiger partial charge is 0.203 e. The van der Waals surface area contributed by atoms with E-state index in [4.69, 9.17) is 4.74 Å². The van der Waals surface area contributed by atoms with Gasteiger partial charge in [0.25, 0.3) is 0 Å². The van der Waals surface area contributed by atoms with Gasteiger partial charge in [-0.3, -0.25) is 9.48 Å². The number of carbonyl (C=O) groups is 1. The van der Waals surface area contributed by atoms with E-state index in [1.165, 1.54) is 0 Å². The van der Waals surface area contributed by atoms with Crippen LogP contribution in [0.1, 0.15) is 10.4 Å². The van der Waals surface area contributed by atoms with Crippen LogP contribution in [-0.4, -0.2) is 22.2 Å². The highest BCUT2D eigenvalue weighted by Crippen LogP contribution is 2.15. The second-order valence-corrected chi connectivity index (χ2v) is 4.82. The van der Waals surface area contributed by atoms with Crippen LogP contribution in [0.4, 0.5) is 0 Å². The lowest BCUT2D eigenvalue weighted by atomic mass is 10.2. The number of halogens is 1. The van der Waals surface area contributed by atoms with Crippen molar-refractivity contribution in [3.05, 3.63) is 45.8 Å². The summed E-state index contributed by atoms with van der Waals surface area (Å²) < 4.78 is 8.09. The Morgan fingerprint density at radius 2 is 2.35 bits per heavy atom. The van der Waals surface area contributed by atoms with Crippen LogP contribution in [-0.2, 0) is 7.05 Å². The van der Waals surface area contributed by atoms with Crippen LogP contribution in [0.2, 0.25) is 0 Å².